The van der Waals surface area contributed by atoms with E-state index in [0.29, 0.717) is 58.5 Å². The standard InChI is InChI=1S/C68H82O10S/c1-3-5-7-9-11-13-15-17-19-21-23-25-51-73-57-35-27-53(28-36-57)65(69)75-59-39-31-55(32-40-59)67(71)77-61-43-47-63(48-44-61)79-64-49-45-62(46-50-64)78-68(72)56-33-41-60(42-34-56)76-66(70)54-29-37-58(38-30-54)74-52-26-24-22-20-18-16-14-12-10-8-6-4-2/h27-50H,3-26,51-52H2,1-2H3. The van der Waals surface area contributed by atoms with Crippen LogP contribution in [0.1, 0.15) is 209 Å². The number of esters is 4. The summed E-state index contributed by atoms with van der Waals surface area (Å²) in [5, 5.41) is 0. The number of rotatable bonds is 38. The molecular formula is C68H82O10S. The molecule has 0 fully saturated rings. The molecule has 0 atom stereocenters. The zero-order chi connectivity index (χ0) is 55.5. The fourth-order valence-corrected chi connectivity index (χ4v) is 9.73. The quantitative estimate of drug-likeness (QED) is 0.0209. The van der Waals surface area contributed by atoms with Crippen LogP contribution in [0.5, 0.6) is 34.5 Å². The first-order valence-electron chi connectivity index (χ1n) is 29.2. The van der Waals surface area contributed by atoms with Crippen molar-refractivity contribution in [2.45, 2.75) is 178 Å². The van der Waals surface area contributed by atoms with Crippen LogP contribution in [0.15, 0.2) is 155 Å². The zero-order valence-corrected chi connectivity index (χ0v) is 47.5. The molecule has 0 N–H and O–H groups in total. The van der Waals surface area contributed by atoms with E-state index in [1.807, 2.05) is 24.3 Å². The molecule has 0 aromatic heterocycles. The Labute approximate surface area is 474 Å². The highest BCUT2D eigenvalue weighted by Gasteiger charge is 2.15. The van der Waals surface area contributed by atoms with Crippen molar-refractivity contribution in [2.24, 2.45) is 0 Å². The van der Waals surface area contributed by atoms with Crippen LogP contribution in [0.4, 0.5) is 0 Å². The fraction of sp³-hybridized carbons (Fsp3) is 0.412. The lowest BCUT2D eigenvalue weighted by atomic mass is 10.1. The molecule has 6 rings (SSSR count). The zero-order valence-electron chi connectivity index (χ0n) is 46.7. The minimum absolute atomic E-state index is 0.301. The van der Waals surface area contributed by atoms with Crippen LogP contribution < -0.4 is 28.4 Å². The molecule has 0 aliphatic carbocycles. The molecule has 0 saturated carbocycles. The van der Waals surface area contributed by atoms with Crippen LogP contribution in [-0.4, -0.2) is 37.1 Å². The van der Waals surface area contributed by atoms with Crippen molar-refractivity contribution >= 4 is 35.6 Å². The molecule has 0 radical (unpaired) electrons. The van der Waals surface area contributed by atoms with Gasteiger partial charge < -0.3 is 28.4 Å². The second-order valence-electron chi connectivity index (χ2n) is 20.2. The van der Waals surface area contributed by atoms with Crippen LogP contribution in [0.3, 0.4) is 0 Å². The molecule has 0 aliphatic rings. The molecule has 11 heteroatoms. The Balaban J connectivity index is 0.822. The number of ether oxygens (including phenoxy) is 6. The van der Waals surface area contributed by atoms with Gasteiger partial charge in [-0.2, -0.15) is 0 Å². The van der Waals surface area contributed by atoms with Crippen molar-refractivity contribution in [3.8, 4) is 34.5 Å². The van der Waals surface area contributed by atoms with Crippen LogP contribution in [0.2, 0.25) is 0 Å². The Morgan fingerprint density at radius 2 is 0.468 bits per heavy atom. The molecule has 79 heavy (non-hydrogen) atoms. The third-order valence-electron chi connectivity index (χ3n) is 13.6. The molecule has 420 valence electrons. The molecule has 0 aliphatic heterocycles. The van der Waals surface area contributed by atoms with Crippen LogP contribution in [0.25, 0.3) is 0 Å². The summed E-state index contributed by atoms with van der Waals surface area (Å²) in [6, 6.07) is 40.5. The van der Waals surface area contributed by atoms with Gasteiger partial charge in [-0.1, -0.05) is 167 Å². The van der Waals surface area contributed by atoms with Gasteiger partial charge in [0.05, 0.1) is 35.5 Å². The number of carbonyl (C=O) groups excluding carboxylic acids is 4. The average molecular weight is 1090 g/mol. The van der Waals surface area contributed by atoms with Gasteiger partial charge in [0, 0.05) is 9.79 Å². The lowest BCUT2D eigenvalue weighted by Gasteiger charge is -2.09. The topological polar surface area (TPSA) is 124 Å². The van der Waals surface area contributed by atoms with E-state index in [4.69, 9.17) is 28.4 Å². The Morgan fingerprint density at radius 3 is 0.709 bits per heavy atom. The lowest BCUT2D eigenvalue weighted by Crippen LogP contribution is -2.10. The van der Waals surface area contributed by atoms with Crippen molar-refractivity contribution < 1.29 is 47.6 Å². The molecular weight excluding hydrogens is 1010 g/mol. The van der Waals surface area contributed by atoms with Gasteiger partial charge in [0.1, 0.15) is 34.5 Å². The minimum atomic E-state index is -0.551. The first-order chi connectivity index (χ1) is 38.8. The summed E-state index contributed by atoms with van der Waals surface area (Å²) >= 11 is 1.49. The maximum Gasteiger partial charge on any atom is 0.343 e. The van der Waals surface area contributed by atoms with Crippen molar-refractivity contribution in [1.29, 1.82) is 0 Å². The van der Waals surface area contributed by atoms with E-state index < -0.39 is 23.9 Å². The van der Waals surface area contributed by atoms with E-state index in [9.17, 15) is 19.2 Å². The highest BCUT2D eigenvalue weighted by molar-refractivity contribution is 7.99. The summed E-state index contributed by atoms with van der Waals surface area (Å²) in [5.41, 5.74) is 1.39. The first-order valence-corrected chi connectivity index (χ1v) is 30.0. The summed E-state index contributed by atoms with van der Waals surface area (Å²) in [4.78, 5) is 53.4. The predicted octanol–water partition coefficient (Wildman–Crippen LogP) is 18.9. The first kappa shape index (κ1) is 61.4. The van der Waals surface area contributed by atoms with Crippen molar-refractivity contribution in [3.63, 3.8) is 0 Å². The van der Waals surface area contributed by atoms with Gasteiger partial charge >= 0.3 is 23.9 Å². The third kappa shape index (κ3) is 24.0. The SMILES string of the molecule is CCCCCCCCCCCCCCOc1ccc(C(=O)Oc2ccc(C(=O)Oc3ccc(Sc4ccc(OC(=O)c5ccc(OC(=O)c6ccc(OCCCCCCCCCCCCCC)cc6)cc5)cc4)cc3)cc2)cc1. The lowest BCUT2D eigenvalue weighted by molar-refractivity contribution is 0.0720. The smallest absolute Gasteiger partial charge is 0.343 e. The number of hydrogen-bond donors (Lipinski definition) is 0. The largest absolute Gasteiger partial charge is 0.494 e. The molecule has 6 aromatic carbocycles. The van der Waals surface area contributed by atoms with Crippen LogP contribution in [0, 0.1) is 0 Å². The van der Waals surface area contributed by atoms with Crippen LogP contribution >= 0.6 is 11.8 Å². The second kappa shape index (κ2) is 36.3. The Hall–Kier alpha value is -6.85. The molecule has 0 unspecified atom stereocenters. The molecule has 0 bridgehead atoms. The average Bonchev–Trinajstić information content (AvgIpc) is 3.47. The van der Waals surface area contributed by atoms with E-state index in [2.05, 4.69) is 13.8 Å². The summed E-state index contributed by atoms with van der Waals surface area (Å²) in [6.45, 7) is 5.82. The minimum Gasteiger partial charge on any atom is -0.494 e. The number of unbranched alkanes of at least 4 members (excludes halogenated alkanes) is 22. The second-order valence-corrected chi connectivity index (χ2v) is 21.3. The Kier molecular flexibility index (Phi) is 28.2. The number of benzene rings is 6. The molecule has 0 saturated heterocycles. The summed E-state index contributed by atoms with van der Waals surface area (Å²) in [6.07, 6.45) is 31.1. The highest BCUT2D eigenvalue weighted by atomic mass is 32.2. The van der Waals surface area contributed by atoms with Gasteiger partial charge in [0.15, 0.2) is 0 Å². The van der Waals surface area contributed by atoms with Crippen molar-refractivity contribution in [3.05, 3.63) is 168 Å². The van der Waals surface area contributed by atoms with E-state index in [1.54, 1.807) is 121 Å². The van der Waals surface area contributed by atoms with Gasteiger partial charge in [0.2, 0.25) is 0 Å². The van der Waals surface area contributed by atoms with Gasteiger partial charge in [-0.25, -0.2) is 19.2 Å². The Morgan fingerprint density at radius 1 is 0.266 bits per heavy atom. The maximum absolute atomic E-state index is 13.0. The Bertz CT molecular complexity index is 2480. The van der Waals surface area contributed by atoms with Gasteiger partial charge in [-0.05, 0) is 158 Å². The van der Waals surface area contributed by atoms with E-state index in [0.717, 1.165) is 47.0 Å². The van der Waals surface area contributed by atoms with Gasteiger partial charge in [-0.15, -0.1) is 0 Å². The predicted molar refractivity (Wildman–Crippen MR) is 316 cm³/mol. The summed E-state index contributed by atoms with van der Waals surface area (Å²) in [5.74, 6) is 0.660. The van der Waals surface area contributed by atoms with E-state index >= 15 is 0 Å². The van der Waals surface area contributed by atoms with Gasteiger partial charge in [0.25, 0.3) is 0 Å². The fourth-order valence-electron chi connectivity index (χ4n) is 8.91. The van der Waals surface area contributed by atoms with E-state index in [-0.39, 0.29) is 0 Å². The van der Waals surface area contributed by atoms with Crippen molar-refractivity contribution in [1.82, 2.24) is 0 Å². The number of carbonyl (C=O) groups is 4. The monoisotopic (exact) mass is 1090 g/mol. The molecule has 10 nitrogen and oxygen atoms in total. The normalized spacial score (nSPS) is 11.0. The number of hydrogen-bond acceptors (Lipinski definition) is 11. The van der Waals surface area contributed by atoms with Crippen molar-refractivity contribution in [2.75, 3.05) is 13.2 Å². The molecule has 0 heterocycles. The summed E-state index contributed by atoms with van der Waals surface area (Å²) < 4.78 is 34.1. The maximum atomic E-state index is 13.0. The molecule has 6 aromatic rings. The van der Waals surface area contributed by atoms with Crippen LogP contribution in [-0.2, 0) is 0 Å². The molecule has 0 spiro atoms. The van der Waals surface area contributed by atoms with Gasteiger partial charge in [-0.3, -0.25) is 0 Å². The highest BCUT2D eigenvalue weighted by Crippen LogP contribution is 2.31. The molecule has 0 amide bonds. The van der Waals surface area contributed by atoms with E-state index in [1.165, 1.54) is 140 Å². The third-order valence-corrected chi connectivity index (χ3v) is 14.6. The summed E-state index contributed by atoms with van der Waals surface area (Å²) in [7, 11) is 0.